The highest BCUT2D eigenvalue weighted by molar-refractivity contribution is 5.85. The fourth-order valence-electron chi connectivity index (χ4n) is 1.49. The molecule has 1 aromatic heterocycles. The summed E-state index contributed by atoms with van der Waals surface area (Å²) in [7, 11) is 0. The minimum Gasteiger partial charge on any atom is -0.444 e. The highest BCUT2D eigenvalue weighted by Gasteiger charge is 2.17. The van der Waals surface area contributed by atoms with Crippen LogP contribution < -0.4 is 5.32 Å². The second kappa shape index (κ2) is 5.78. The summed E-state index contributed by atoms with van der Waals surface area (Å²) in [4.78, 5) is 11.6. The van der Waals surface area contributed by atoms with Crippen molar-refractivity contribution in [2.24, 2.45) is 0 Å². The Morgan fingerprint density at radius 2 is 1.90 bits per heavy atom. The van der Waals surface area contributed by atoms with Crippen LogP contribution in [0.2, 0.25) is 0 Å². The first-order valence-corrected chi connectivity index (χ1v) is 6.15. The van der Waals surface area contributed by atoms with Crippen LogP contribution in [0.4, 0.5) is 14.9 Å². The predicted molar refractivity (Wildman–Crippen MR) is 72.9 cm³/mol. The van der Waals surface area contributed by atoms with Crippen LogP contribution in [0.3, 0.4) is 0 Å². The zero-order valence-electron chi connectivity index (χ0n) is 11.8. The number of nitrogens with zero attached hydrogens (tertiary/aromatic N) is 4. The van der Waals surface area contributed by atoms with Gasteiger partial charge in [-0.25, -0.2) is 9.18 Å². The van der Waals surface area contributed by atoms with Gasteiger partial charge in [-0.2, -0.15) is 0 Å². The van der Waals surface area contributed by atoms with Crippen molar-refractivity contribution in [2.75, 3.05) is 5.32 Å². The van der Waals surface area contributed by atoms with E-state index >= 15 is 0 Å². The molecule has 1 aromatic carbocycles. The third-order valence-corrected chi connectivity index (χ3v) is 2.27. The average molecular weight is 291 g/mol. The van der Waals surface area contributed by atoms with Crippen molar-refractivity contribution in [1.82, 2.24) is 20.4 Å². The summed E-state index contributed by atoms with van der Waals surface area (Å²) < 4.78 is 19.0. The van der Waals surface area contributed by atoms with Gasteiger partial charge in [0, 0.05) is 5.56 Å². The van der Waals surface area contributed by atoms with E-state index in [9.17, 15) is 9.18 Å². The van der Waals surface area contributed by atoms with Gasteiger partial charge in [0.2, 0.25) is 5.82 Å². The van der Waals surface area contributed by atoms with Gasteiger partial charge >= 0.3 is 6.09 Å². The van der Waals surface area contributed by atoms with Crippen molar-refractivity contribution in [3.05, 3.63) is 30.3 Å². The van der Waals surface area contributed by atoms with E-state index in [0.717, 1.165) is 0 Å². The molecule has 0 aliphatic carbocycles. The zero-order chi connectivity index (χ0) is 15.5. The first-order chi connectivity index (χ1) is 9.85. The highest BCUT2D eigenvalue weighted by Crippen LogP contribution is 2.21. The van der Waals surface area contributed by atoms with Crippen LogP contribution in [0.5, 0.6) is 0 Å². The van der Waals surface area contributed by atoms with Gasteiger partial charge in [0.25, 0.3) is 0 Å². The van der Waals surface area contributed by atoms with Crippen LogP contribution in [0.25, 0.3) is 11.4 Å². The number of amides is 1. The summed E-state index contributed by atoms with van der Waals surface area (Å²) in [6, 6.07) is 4.13. The lowest BCUT2D eigenvalue weighted by molar-refractivity contribution is 0.0635. The van der Waals surface area contributed by atoms with Crippen molar-refractivity contribution in [3.63, 3.8) is 0 Å². The number of halogens is 1. The van der Waals surface area contributed by atoms with Crippen molar-refractivity contribution < 1.29 is 13.9 Å². The maximum Gasteiger partial charge on any atom is 0.412 e. The Morgan fingerprint density at radius 3 is 2.48 bits per heavy atom. The number of carbonyl (C=O) groups excluding carboxylic acids is 1. The number of hydrogen-bond acceptors (Lipinski definition) is 6. The first kappa shape index (κ1) is 14.8. The Kier molecular flexibility index (Phi) is 4.06. The number of anilines is 1. The molecule has 8 heteroatoms. The van der Waals surface area contributed by atoms with E-state index in [0.29, 0.717) is 5.56 Å². The van der Waals surface area contributed by atoms with E-state index in [1.807, 2.05) is 0 Å². The largest absolute Gasteiger partial charge is 0.444 e. The molecule has 2 rings (SSSR count). The number of rotatable bonds is 2. The molecule has 1 amide bonds. The maximum atomic E-state index is 14.0. The number of hydrogen-bond donors (Lipinski definition) is 1. The second-order valence-corrected chi connectivity index (χ2v) is 5.19. The molecule has 2 aromatic rings. The molecule has 0 saturated carbocycles. The van der Waals surface area contributed by atoms with Crippen molar-refractivity contribution in [1.29, 1.82) is 0 Å². The van der Waals surface area contributed by atoms with Gasteiger partial charge in [-0.05, 0) is 39.0 Å². The van der Waals surface area contributed by atoms with Gasteiger partial charge in [-0.3, -0.25) is 5.32 Å². The molecule has 0 radical (unpaired) electrons. The van der Waals surface area contributed by atoms with Crippen molar-refractivity contribution >= 4 is 11.8 Å². The van der Waals surface area contributed by atoms with Gasteiger partial charge in [0.15, 0.2) is 6.33 Å². The molecular formula is C13H14FN5O2. The number of aromatic nitrogens is 4. The van der Waals surface area contributed by atoms with E-state index in [1.54, 1.807) is 26.8 Å². The Morgan fingerprint density at radius 1 is 1.24 bits per heavy atom. The Bertz CT molecular complexity index is 643. The normalized spacial score (nSPS) is 11.0. The lowest BCUT2D eigenvalue weighted by Gasteiger charge is -2.19. The molecule has 0 unspecified atom stereocenters. The molecule has 0 bridgehead atoms. The number of nitrogens with one attached hydrogen (secondary N) is 1. The van der Waals surface area contributed by atoms with Crippen LogP contribution in [-0.4, -0.2) is 32.1 Å². The molecule has 0 aliphatic rings. The Hall–Kier alpha value is -2.64. The van der Waals surface area contributed by atoms with Crippen LogP contribution in [0.1, 0.15) is 20.8 Å². The SMILES string of the molecule is CC(C)(C)OC(=O)Nc1ccc(-c2nncnn2)cc1F. The molecule has 0 fully saturated rings. The topological polar surface area (TPSA) is 89.9 Å². The van der Waals surface area contributed by atoms with Gasteiger partial charge in [0.1, 0.15) is 11.4 Å². The Balaban J connectivity index is 2.15. The summed E-state index contributed by atoms with van der Waals surface area (Å²) in [5, 5.41) is 16.9. The zero-order valence-corrected chi connectivity index (χ0v) is 11.8. The average Bonchev–Trinajstić information content (AvgIpc) is 2.40. The van der Waals surface area contributed by atoms with Crippen LogP contribution in [0.15, 0.2) is 24.5 Å². The summed E-state index contributed by atoms with van der Waals surface area (Å²) in [5.41, 5.74) is -0.247. The molecule has 0 aliphatic heterocycles. The monoisotopic (exact) mass is 291 g/mol. The molecular weight excluding hydrogens is 277 g/mol. The summed E-state index contributed by atoms with van der Waals surface area (Å²) >= 11 is 0. The maximum absolute atomic E-state index is 14.0. The smallest absolute Gasteiger partial charge is 0.412 e. The van der Waals surface area contributed by atoms with Crippen LogP contribution >= 0.6 is 0 Å². The molecule has 0 saturated heterocycles. The van der Waals surface area contributed by atoms with Gasteiger partial charge in [0.05, 0.1) is 5.69 Å². The molecule has 1 N–H and O–H groups in total. The van der Waals surface area contributed by atoms with E-state index in [2.05, 4.69) is 25.7 Å². The van der Waals surface area contributed by atoms with Crippen molar-refractivity contribution in [3.8, 4) is 11.4 Å². The summed E-state index contributed by atoms with van der Waals surface area (Å²) in [6.45, 7) is 5.16. The van der Waals surface area contributed by atoms with Gasteiger partial charge in [-0.1, -0.05) is 0 Å². The molecule has 0 atom stereocenters. The van der Waals surface area contributed by atoms with Crippen molar-refractivity contribution in [2.45, 2.75) is 26.4 Å². The second-order valence-electron chi connectivity index (χ2n) is 5.19. The van der Waals surface area contributed by atoms with E-state index < -0.39 is 17.5 Å². The number of ether oxygens (including phenoxy) is 1. The van der Waals surface area contributed by atoms with Crippen LogP contribution in [0, 0.1) is 5.82 Å². The highest BCUT2D eigenvalue weighted by atomic mass is 19.1. The number of carbonyl (C=O) groups is 1. The fraction of sp³-hybridized carbons (Fsp3) is 0.308. The lowest BCUT2D eigenvalue weighted by Crippen LogP contribution is -2.27. The van der Waals surface area contributed by atoms with E-state index in [-0.39, 0.29) is 11.5 Å². The fourth-order valence-corrected chi connectivity index (χ4v) is 1.49. The molecule has 110 valence electrons. The first-order valence-electron chi connectivity index (χ1n) is 6.15. The van der Waals surface area contributed by atoms with E-state index in [1.165, 1.54) is 18.5 Å². The third kappa shape index (κ3) is 4.16. The molecule has 0 spiro atoms. The van der Waals surface area contributed by atoms with Gasteiger partial charge in [-0.15, -0.1) is 20.4 Å². The third-order valence-electron chi connectivity index (χ3n) is 2.27. The summed E-state index contributed by atoms with van der Waals surface area (Å²) in [6.07, 6.45) is 0.451. The summed E-state index contributed by atoms with van der Waals surface area (Å²) in [5.74, 6) is -0.439. The predicted octanol–water partition coefficient (Wildman–Crippen LogP) is 2.42. The minimum atomic E-state index is -0.728. The quantitative estimate of drug-likeness (QED) is 0.913. The minimum absolute atomic E-state index is 0.00449. The number of benzene rings is 1. The van der Waals surface area contributed by atoms with Gasteiger partial charge < -0.3 is 4.74 Å². The van der Waals surface area contributed by atoms with E-state index in [4.69, 9.17) is 4.74 Å². The Labute approximate surface area is 120 Å². The molecule has 1 heterocycles. The van der Waals surface area contributed by atoms with Crippen LogP contribution in [-0.2, 0) is 4.74 Å². The molecule has 21 heavy (non-hydrogen) atoms. The standard InChI is InChI=1S/C13H14FN5O2/c1-13(2,3)21-12(20)17-10-5-4-8(6-9(10)14)11-18-15-7-16-19-11/h4-7H,1-3H3,(H,17,20). The lowest BCUT2D eigenvalue weighted by atomic mass is 10.2. The molecule has 7 nitrogen and oxygen atoms in total.